The number of piperidine rings is 1. The Morgan fingerprint density at radius 3 is 2.68 bits per heavy atom. The van der Waals surface area contributed by atoms with Gasteiger partial charge in [-0.25, -0.2) is 4.98 Å². The van der Waals surface area contributed by atoms with E-state index in [1.165, 1.54) is 49.0 Å². The van der Waals surface area contributed by atoms with Crippen LogP contribution in [-0.4, -0.2) is 51.5 Å². The van der Waals surface area contributed by atoms with Crippen molar-refractivity contribution in [3.63, 3.8) is 0 Å². The molecule has 2 aromatic carbocycles. The van der Waals surface area contributed by atoms with Crippen LogP contribution in [0.25, 0.3) is 11.0 Å². The quantitative estimate of drug-likeness (QED) is 0.218. The van der Waals surface area contributed by atoms with Crippen LogP contribution in [0.1, 0.15) is 52.7 Å². The van der Waals surface area contributed by atoms with Gasteiger partial charge in [-0.3, -0.25) is 9.78 Å². The van der Waals surface area contributed by atoms with E-state index in [4.69, 9.17) is 4.98 Å². The Labute approximate surface area is 223 Å². The third-order valence-electron chi connectivity index (χ3n) is 6.91. The summed E-state index contributed by atoms with van der Waals surface area (Å²) in [5.41, 5.74) is 6.37. The number of nitrogens with one attached hydrogen (secondary N) is 1. The van der Waals surface area contributed by atoms with Crippen LogP contribution in [0.3, 0.4) is 0 Å². The molecule has 0 atom stereocenters. The summed E-state index contributed by atoms with van der Waals surface area (Å²) >= 11 is 1.71. The number of pyridine rings is 1. The largest absolute Gasteiger partial charge is 0.352 e. The van der Waals surface area contributed by atoms with Gasteiger partial charge in [-0.2, -0.15) is 0 Å². The minimum absolute atomic E-state index is 0.00490. The molecule has 5 rings (SSSR count). The van der Waals surface area contributed by atoms with Gasteiger partial charge in [0.1, 0.15) is 0 Å². The summed E-state index contributed by atoms with van der Waals surface area (Å²) < 4.78 is 2.24. The van der Waals surface area contributed by atoms with E-state index >= 15 is 0 Å². The maximum absolute atomic E-state index is 12.6. The first kappa shape index (κ1) is 25.5. The van der Waals surface area contributed by atoms with E-state index < -0.39 is 0 Å². The van der Waals surface area contributed by atoms with E-state index in [9.17, 15) is 4.79 Å². The molecule has 192 valence electrons. The van der Waals surface area contributed by atoms with Crippen LogP contribution in [0, 0.1) is 6.92 Å². The van der Waals surface area contributed by atoms with Gasteiger partial charge in [0.05, 0.1) is 23.8 Å². The lowest BCUT2D eigenvalue weighted by molar-refractivity contribution is 0.0951. The van der Waals surface area contributed by atoms with E-state index in [2.05, 4.69) is 51.0 Å². The van der Waals surface area contributed by atoms with Gasteiger partial charge in [0.2, 0.25) is 0 Å². The predicted molar refractivity (Wildman–Crippen MR) is 151 cm³/mol. The Kier molecular flexibility index (Phi) is 8.53. The molecule has 1 aliphatic rings. The summed E-state index contributed by atoms with van der Waals surface area (Å²) in [7, 11) is 0. The Bertz CT molecular complexity index is 1330. The summed E-state index contributed by atoms with van der Waals surface area (Å²) in [6.45, 7) is 7.06. The average molecular weight is 514 g/mol. The van der Waals surface area contributed by atoms with Crippen LogP contribution >= 0.6 is 11.8 Å². The van der Waals surface area contributed by atoms with Gasteiger partial charge in [0.15, 0.2) is 5.16 Å². The van der Waals surface area contributed by atoms with E-state index in [0.717, 1.165) is 48.0 Å². The first-order chi connectivity index (χ1) is 18.2. The van der Waals surface area contributed by atoms with Crippen molar-refractivity contribution in [1.29, 1.82) is 0 Å². The number of carbonyl (C=O) groups is 1. The fraction of sp³-hybridized carbons (Fsp3) is 0.367. The molecule has 0 saturated carbocycles. The second-order valence-electron chi connectivity index (χ2n) is 9.83. The zero-order chi connectivity index (χ0) is 25.5. The maximum Gasteiger partial charge on any atom is 0.251 e. The molecule has 37 heavy (non-hydrogen) atoms. The minimum atomic E-state index is 0.00490. The normalized spacial score (nSPS) is 14.2. The van der Waals surface area contributed by atoms with Crippen LogP contribution in [0.5, 0.6) is 0 Å². The molecular formula is C30H35N5OS. The van der Waals surface area contributed by atoms with Gasteiger partial charge in [0, 0.05) is 24.1 Å². The lowest BCUT2D eigenvalue weighted by atomic mass is 10.1. The van der Waals surface area contributed by atoms with E-state index in [0.29, 0.717) is 5.56 Å². The summed E-state index contributed by atoms with van der Waals surface area (Å²) in [4.78, 5) is 24.3. The van der Waals surface area contributed by atoms with Gasteiger partial charge >= 0.3 is 0 Å². The molecule has 0 radical (unpaired) electrons. The molecule has 2 aromatic heterocycles. The van der Waals surface area contributed by atoms with Crippen molar-refractivity contribution in [2.75, 3.05) is 26.2 Å². The number of rotatable bonds is 10. The highest BCUT2D eigenvalue weighted by Gasteiger charge is 2.13. The fourth-order valence-electron chi connectivity index (χ4n) is 4.89. The molecule has 0 bridgehead atoms. The highest BCUT2D eigenvalue weighted by molar-refractivity contribution is 7.98. The van der Waals surface area contributed by atoms with Crippen LogP contribution in [0.4, 0.5) is 0 Å². The average Bonchev–Trinajstić information content (AvgIpc) is 3.28. The predicted octanol–water partition coefficient (Wildman–Crippen LogP) is 5.69. The highest BCUT2D eigenvalue weighted by atomic mass is 32.2. The number of aromatic nitrogens is 3. The first-order valence-electron chi connectivity index (χ1n) is 13.2. The molecule has 1 saturated heterocycles. The fourth-order valence-corrected chi connectivity index (χ4v) is 5.86. The minimum Gasteiger partial charge on any atom is -0.352 e. The Balaban J connectivity index is 1.17. The number of nitrogens with zero attached hydrogens (tertiary/aromatic N) is 4. The van der Waals surface area contributed by atoms with Crippen molar-refractivity contribution >= 4 is 28.7 Å². The van der Waals surface area contributed by atoms with Crippen molar-refractivity contribution in [2.24, 2.45) is 0 Å². The summed E-state index contributed by atoms with van der Waals surface area (Å²) in [5.74, 6) is 0.785. The summed E-state index contributed by atoms with van der Waals surface area (Å²) in [6, 6.07) is 18.5. The Morgan fingerprint density at radius 2 is 1.86 bits per heavy atom. The summed E-state index contributed by atoms with van der Waals surface area (Å²) in [6.07, 6.45) is 8.64. The van der Waals surface area contributed by atoms with Gasteiger partial charge < -0.3 is 14.8 Å². The molecule has 4 aromatic rings. The lowest BCUT2D eigenvalue weighted by Gasteiger charge is -2.26. The van der Waals surface area contributed by atoms with Crippen molar-refractivity contribution in [1.82, 2.24) is 24.8 Å². The molecule has 6 nitrogen and oxygen atoms in total. The number of aryl methyl sites for hydroxylation is 1. The third kappa shape index (κ3) is 6.79. The molecule has 1 aliphatic heterocycles. The topological polar surface area (TPSA) is 63.1 Å². The van der Waals surface area contributed by atoms with E-state index in [-0.39, 0.29) is 5.91 Å². The molecule has 0 aliphatic carbocycles. The number of likely N-dealkylation sites (tertiary alicyclic amines) is 1. The SMILES string of the molecule is Cc1cccc(Cn2c(SCc3ccc(C(=O)NCCCN4CCCCC4)cc3)nc3ccncc32)c1. The number of hydrogen-bond acceptors (Lipinski definition) is 5. The van der Waals surface area contributed by atoms with Crippen molar-refractivity contribution < 1.29 is 4.79 Å². The van der Waals surface area contributed by atoms with Crippen LogP contribution in [0.2, 0.25) is 0 Å². The number of thioether (sulfide) groups is 1. The maximum atomic E-state index is 12.6. The Morgan fingerprint density at radius 1 is 1.03 bits per heavy atom. The second kappa shape index (κ2) is 12.4. The summed E-state index contributed by atoms with van der Waals surface area (Å²) in [5, 5.41) is 4.05. The number of imidazole rings is 1. The van der Waals surface area contributed by atoms with Crippen LogP contribution in [-0.2, 0) is 12.3 Å². The van der Waals surface area contributed by atoms with Crippen molar-refractivity contribution in [3.8, 4) is 0 Å². The van der Waals surface area contributed by atoms with E-state index in [1.807, 2.05) is 36.5 Å². The smallest absolute Gasteiger partial charge is 0.251 e. The third-order valence-corrected chi connectivity index (χ3v) is 7.96. The molecule has 0 spiro atoms. The second-order valence-corrected chi connectivity index (χ2v) is 10.8. The number of fused-ring (bicyclic) bond motifs is 1. The molecule has 7 heteroatoms. The molecule has 1 fully saturated rings. The van der Waals surface area contributed by atoms with Gasteiger partial charge in [-0.1, -0.05) is 60.1 Å². The van der Waals surface area contributed by atoms with E-state index in [1.54, 1.807) is 18.0 Å². The Hall–Kier alpha value is -3.16. The monoisotopic (exact) mass is 513 g/mol. The molecule has 1 N–H and O–H groups in total. The zero-order valence-electron chi connectivity index (χ0n) is 21.5. The van der Waals surface area contributed by atoms with Crippen molar-refractivity contribution in [3.05, 3.63) is 89.2 Å². The van der Waals surface area contributed by atoms with Gasteiger partial charge in [-0.15, -0.1) is 0 Å². The first-order valence-corrected chi connectivity index (χ1v) is 14.2. The molecular weight excluding hydrogens is 478 g/mol. The standard InChI is InChI=1S/C30H35N5OS/c1-23-7-5-8-25(19-23)21-35-28-20-31-15-13-27(28)33-30(35)37-22-24-9-11-26(12-10-24)29(36)32-14-6-18-34-16-3-2-4-17-34/h5,7-13,15,19-20H,2-4,6,14,16-18,21-22H2,1H3,(H,32,36). The van der Waals surface area contributed by atoms with Gasteiger partial charge in [0.25, 0.3) is 5.91 Å². The molecule has 0 unspecified atom stereocenters. The zero-order valence-corrected chi connectivity index (χ0v) is 22.3. The number of benzene rings is 2. The lowest BCUT2D eigenvalue weighted by Crippen LogP contribution is -2.33. The van der Waals surface area contributed by atoms with Crippen LogP contribution < -0.4 is 5.32 Å². The molecule has 1 amide bonds. The van der Waals surface area contributed by atoms with Crippen molar-refractivity contribution in [2.45, 2.75) is 50.1 Å². The van der Waals surface area contributed by atoms with Crippen LogP contribution in [0.15, 0.2) is 72.1 Å². The number of carbonyl (C=O) groups excluding carboxylic acids is 1. The molecule has 3 heterocycles. The highest BCUT2D eigenvalue weighted by Crippen LogP contribution is 2.27. The number of amides is 1. The van der Waals surface area contributed by atoms with Gasteiger partial charge in [-0.05, 0) is 75.1 Å². The number of hydrogen-bond donors (Lipinski definition) is 1.